The Bertz CT molecular complexity index is 796. The Morgan fingerprint density at radius 3 is 3.00 bits per heavy atom. The SMILES string of the molecule is CCOC(=O)CNC(=O)CC1=NNc2cccc3ccnc1c23. The van der Waals surface area contributed by atoms with Crippen LogP contribution in [0.2, 0.25) is 0 Å². The van der Waals surface area contributed by atoms with Crippen LogP contribution in [0.5, 0.6) is 0 Å². The van der Waals surface area contributed by atoms with Crippen LogP contribution in [-0.2, 0) is 14.3 Å². The molecule has 1 aromatic heterocycles. The van der Waals surface area contributed by atoms with Gasteiger partial charge in [0.05, 0.1) is 30.1 Å². The van der Waals surface area contributed by atoms with Crippen LogP contribution in [0.3, 0.4) is 0 Å². The monoisotopic (exact) mass is 312 g/mol. The summed E-state index contributed by atoms with van der Waals surface area (Å²) in [6.07, 6.45) is 1.73. The molecule has 0 atom stereocenters. The zero-order valence-electron chi connectivity index (χ0n) is 12.6. The van der Waals surface area contributed by atoms with Gasteiger partial charge >= 0.3 is 5.97 Å². The number of pyridine rings is 1. The Kier molecular flexibility index (Phi) is 4.18. The van der Waals surface area contributed by atoms with Crippen molar-refractivity contribution in [1.82, 2.24) is 10.3 Å². The summed E-state index contributed by atoms with van der Waals surface area (Å²) in [7, 11) is 0. The molecule has 7 nitrogen and oxygen atoms in total. The predicted octanol–water partition coefficient (Wildman–Crippen LogP) is 1.43. The summed E-state index contributed by atoms with van der Waals surface area (Å²) in [6, 6.07) is 7.73. The Morgan fingerprint density at radius 2 is 2.17 bits per heavy atom. The molecule has 0 spiro atoms. The molecule has 0 saturated carbocycles. The maximum atomic E-state index is 12.0. The summed E-state index contributed by atoms with van der Waals surface area (Å²) in [4.78, 5) is 27.6. The highest BCUT2D eigenvalue weighted by molar-refractivity contribution is 6.19. The third-order valence-corrected chi connectivity index (χ3v) is 3.44. The number of benzene rings is 1. The van der Waals surface area contributed by atoms with Gasteiger partial charge in [0, 0.05) is 11.6 Å². The highest BCUT2D eigenvalue weighted by Crippen LogP contribution is 2.29. The van der Waals surface area contributed by atoms with Gasteiger partial charge < -0.3 is 10.1 Å². The standard InChI is InChI=1S/C16H16N4O3/c1-2-23-14(22)9-18-13(21)8-12-16-15-10(6-7-17-16)4-3-5-11(15)19-20-12/h3-7,19H,2,8-9H2,1H3,(H,18,21). The van der Waals surface area contributed by atoms with Crippen LogP contribution < -0.4 is 10.7 Å². The number of ether oxygens (including phenoxy) is 1. The summed E-state index contributed by atoms with van der Waals surface area (Å²) in [6.45, 7) is 1.85. The molecule has 0 fully saturated rings. The second-order valence-corrected chi connectivity index (χ2v) is 4.99. The molecule has 2 N–H and O–H groups in total. The Hall–Kier alpha value is -2.96. The molecule has 0 radical (unpaired) electrons. The number of carbonyl (C=O) groups excluding carboxylic acids is 2. The van der Waals surface area contributed by atoms with Crippen LogP contribution in [0.1, 0.15) is 19.0 Å². The summed E-state index contributed by atoms with van der Waals surface area (Å²) >= 11 is 0. The Labute approximate surface area is 132 Å². The first-order valence-electron chi connectivity index (χ1n) is 7.32. The van der Waals surface area contributed by atoms with E-state index in [1.54, 1.807) is 13.1 Å². The van der Waals surface area contributed by atoms with E-state index in [1.807, 2.05) is 24.3 Å². The normalized spacial score (nSPS) is 12.3. The second kappa shape index (κ2) is 6.43. The number of amides is 1. The van der Waals surface area contributed by atoms with Crippen LogP contribution in [0.25, 0.3) is 10.8 Å². The molecule has 1 aromatic carbocycles. The maximum Gasteiger partial charge on any atom is 0.325 e. The van der Waals surface area contributed by atoms with Crippen molar-refractivity contribution in [3.05, 3.63) is 36.2 Å². The first kappa shape index (κ1) is 15.0. The summed E-state index contributed by atoms with van der Waals surface area (Å²) < 4.78 is 4.77. The summed E-state index contributed by atoms with van der Waals surface area (Å²) in [5.41, 5.74) is 5.03. The number of nitrogens with one attached hydrogen (secondary N) is 2. The van der Waals surface area contributed by atoms with E-state index in [1.165, 1.54) is 0 Å². The minimum atomic E-state index is -0.463. The Morgan fingerprint density at radius 1 is 1.30 bits per heavy atom. The minimum Gasteiger partial charge on any atom is -0.465 e. The molecular formula is C16H16N4O3. The van der Waals surface area contributed by atoms with E-state index in [0.717, 1.165) is 16.5 Å². The van der Waals surface area contributed by atoms with E-state index in [0.29, 0.717) is 11.4 Å². The molecule has 1 aliphatic heterocycles. The lowest BCUT2D eigenvalue weighted by Gasteiger charge is -2.17. The topological polar surface area (TPSA) is 92.7 Å². The molecular weight excluding hydrogens is 296 g/mol. The van der Waals surface area contributed by atoms with Crippen molar-refractivity contribution in [2.45, 2.75) is 13.3 Å². The molecule has 118 valence electrons. The molecule has 1 aliphatic rings. The number of hydrogen-bond acceptors (Lipinski definition) is 6. The van der Waals surface area contributed by atoms with Crippen molar-refractivity contribution >= 4 is 34.0 Å². The van der Waals surface area contributed by atoms with E-state index in [4.69, 9.17) is 4.74 Å². The minimum absolute atomic E-state index is 0.0346. The number of aromatic nitrogens is 1. The van der Waals surface area contributed by atoms with Gasteiger partial charge in [0.1, 0.15) is 6.54 Å². The lowest BCUT2D eigenvalue weighted by Crippen LogP contribution is -2.32. The van der Waals surface area contributed by atoms with Crippen LogP contribution in [0.15, 0.2) is 35.6 Å². The number of hydrogen-bond donors (Lipinski definition) is 2. The molecule has 0 aliphatic carbocycles. The molecule has 0 bridgehead atoms. The van der Waals surface area contributed by atoms with Gasteiger partial charge in [-0.25, -0.2) is 0 Å². The summed E-state index contributed by atoms with van der Waals surface area (Å²) in [5.74, 6) is -0.771. The lowest BCUT2D eigenvalue weighted by molar-refractivity contribution is -0.143. The van der Waals surface area contributed by atoms with Gasteiger partial charge in [-0.05, 0) is 24.4 Å². The van der Waals surface area contributed by atoms with E-state index in [-0.39, 0.29) is 25.5 Å². The van der Waals surface area contributed by atoms with Crippen molar-refractivity contribution in [2.75, 3.05) is 18.6 Å². The van der Waals surface area contributed by atoms with Crippen LogP contribution in [-0.4, -0.2) is 35.7 Å². The smallest absolute Gasteiger partial charge is 0.325 e. The highest BCUT2D eigenvalue weighted by atomic mass is 16.5. The van der Waals surface area contributed by atoms with Gasteiger partial charge in [0.25, 0.3) is 0 Å². The van der Waals surface area contributed by atoms with Gasteiger partial charge in [0.15, 0.2) is 0 Å². The van der Waals surface area contributed by atoms with Crippen molar-refractivity contribution in [3.63, 3.8) is 0 Å². The van der Waals surface area contributed by atoms with Gasteiger partial charge in [0.2, 0.25) is 5.91 Å². The van der Waals surface area contributed by atoms with E-state index in [2.05, 4.69) is 20.8 Å². The average molecular weight is 312 g/mol. The molecule has 2 heterocycles. The largest absolute Gasteiger partial charge is 0.465 e. The molecule has 7 heteroatoms. The van der Waals surface area contributed by atoms with Gasteiger partial charge in [-0.2, -0.15) is 5.10 Å². The molecule has 3 rings (SSSR count). The number of hydrazone groups is 1. The highest BCUT2D eigenvalue weighted by Gasteiger charge is 2.20. The predicted molar refractivity (Wildman–Crippen MR) is 86.2 cm³/mol. The second-order valence-electron chi connectivity index (χ2n) is 4.99. The zero-order valence-corrected chi connectivity index (χ0v) is 12.6. The fourth-order valence-corrected chi connectivity index (χ4v) is 2.44. The number of anilines is 1. The maximum absolute atomic E-state index is 12.0. The molecule has 0 unspecified atom stereocenters. The van der Waals surface area contributed by atoms with Crippen molar-refractivity contribution in [2.24, 2.45) is 5.10 Å². The number of rotatable bonds is 5. The molecule has 2 aromatic rings. The third kappa shape index (κ3) is 3.13. The average Bonchev–Trinajstić information content (AvgIpc) is 2.56. The lowest BCUT2D eigenvalue weighted by atomic mass is 10.0. The van der Waals surface area contributed by atoms with Crippen LogP contribution in [0, 0.1) is 0 Å². The van der Waals surface area contributed by atoms with Crippen molar-refractivity contribution in [3.8, 4) is 0 Å². The van der Waals surface area contributed by atoms with Crippen molar-refractivity contribution in [1.29, 1.82) is 0 Å². The van der Waals surface area contributed by atoms with Gasteiger partial charge in [-0.1, -0.05) is 12.1 Å². The van der Waals surface area contributed by atoms with Crippen LogP contribution in [0.4, 0.5) is 5.69 Å². The molecule has 23 heavy (non-hydrogen) atoms. The zero-order chi connectivity index (χ0) is 16.2. The number of esters is 1. The van der Waals surface area contributed by atoms with E-state index >= 15 is 0 Å². The van der Waals surface area contributed by atoms with E-state index in [9.17, 15) is 9.59 Å². The van der Waals surface area contributed by atoms with Gasteiger partial charge in [-0.3, -0.25) is 20.0 Å². The fourth-order valence-electron chi connectivity index (χ4n) is 2.44. The van der Waals surface area contributed by atoms with Crippen molar-refractivity contribution < 1.29 is 14.3 Å². The first-order chi connectivity index (χ1) is 11.2. The summed E-state index contributed by atoms with van der Waals surface area (Å²) in [5, 5.41) is 8.72. The third-order valence-electron chi connectivity index (χ3n) is 3.44. The van der Waals surface area contributed by atoms with Crippen LogP contribution >= 0.6 is 0 Å². The Balaban J connectivity index is 1.74. The molecule has 1 amide bonds. The van der Waals surface area contributed by atoms with E-state index < -0.39 is 5.97 Å². The quantitative estimate of drug-likeness (QED) is 0.815. The fraction of sp³-hybridized carbons (Fsp3) is 0.250. The number of nitrogens with zero attached hydrogens (tertiary/aromatic N) is 2. The first-order valence-corrected chi connectivity index (χ1v) is 7.32. The number of carbonyl (C=O) groups is 2. The molecule has 0 saturated heterocycles. The van der Waals surface area contributed by atoms with Gasteiger partial charge in [-0.15, -0.1) is 0 Å².